The number of benzene rings is 1. The van der Waals surface area contributed by atoms with Crippen molar-refractivity contribution in [3.05, 3.63) is 76.6 Å². The maximum atomic E-state index is 9.28. The average molecular weight is 372 g/mol. The summed E-state index contributed by atoms with van der Waals surface area (Å²) in [4.78, 5) is 4.59. The minimum atomic E-state index is 0.343. The van der Waals surface area contributed by atoms with Gasteiger partial charge in [-0.15, -0.1) is 0 Å². The maximum Gasteiger partial charge on any atom is 0.0998 e. The predicted molar refractivity (Wildman–Crippen MR) is 110 cm³/mol. The molecule has 1 aliphatic carbocycles. The maximum absolute atomic E-state index is 9.28. The van der Waals surface area contributed by atoms with E-state index in [9.17, 15) is 5.26 Å². The van der Waals surface area contributed by atoms with E-state index in [1.54, 1.807) is 11.5 Å². The molecule has 0 radical (unpaired) electrons. The molecular formula is C23H21N3S. The third kappa shape index (κ3) is 3.43. The first-order valence-electron chi connectivity index (χ1n) is 9.24. The lowest BCUT2D eigenvalue weighted by atomic mass is 9.73. The average Bonchev–Trinajstić information content (AvgIpc) is 3.16. The molecule has 134 valence electrons. The fourth-order valence-electron chi connectivity index (χ4n) is 3.79. The first kappa shape index (κ1) is 17.6. The van der Waals surface area contributed by atoms with Crippen LogP contribution in [0.15, 0.2) is 54.1 Å². The third-order valence-corrected chi connectivity index (χ3v) is 6.31. The number of hydrogen-bond donors (Lipinski definition) is 0. The van der Waals surface area contributed by atoms with Gasteiger partial charge < -0.3 is 0 Å². The molecule has 0 saturated heterocycles. The van der Waals surface area contributed by atoms with Crippen molar-refractivity contribution in [2.45, 2.75) is 26.2 Å². The Hall–Kier alpha value is -2.77. The van der Waals surface area contributed by atoms with Crippen molar-refractivity contribution < 1.29 is 0 Å². The van der Waals surface area contributed by atoms with E-state index in [1.165, 1.54) is 11.3 Å². The molecule has 27 heavy (non-hydrogen) atoms. The van der Waals surface area contributed by atoms with Crippen LogP contribution in [0.4, 0.5) is 0 Å². The summed E-state index contributed by atoms with van der Waals surface area (Å²) in [6, 6.07) is 13.9. The monoisotopic (exact) mass is 371 g/mol. The third-order valence-electron chi connectivity index (χ3n) is 5.62. The van der Waals surface area contributed by atoms with Crippen LogP contribution in [0.2, 0.25) is 0 Å². The van der Waals surface area contributed by atoms with E-state index in [4.69, 9.17) is 0 Å². The lowest BCUT2D eigenvalue weighted by Crippen LogP contribution is -2.24. The largest absolute Gasteiger partial charge is 0.256 e. The second-order valence-electron chi connectivity index (χ2n) is 7.28. The molecule has 1 aliphatic rings. The Balaban J connectivity index is 1.58. The SMILES string of the molecule is C[C@H]1Cc2csnc2C(/C=C/c2ccc(-c3ccccc3C#N)cn2)[C@@H]1C. The Morgan fingerprint density at radius 3 is 2.81 bits per heavy atom. The molecule has 4 heteroatoms. The van der Waals surface area contributed by atoms with E-state index < -0.39 is 0 Å². The van der Waals surface area contributed by atoms with Gasteiger partial charge >= 0.3 is 0 Å². The number of rotatable bonds is 3. The van der Waals surface area contributed by atoms with Gasteiger partial charge in [-0.05, 0) is 53.6 Å². The van der Waals surface area contributed by atoms with Gasteiger partial charge in [-0.3, -0.25) is 4.98 Å². The normalized spacial score (nSPS) is 21.7. The fourth-order valence-corrected chi connectivity index (χ4v) is 4.54. The van der Waals surface area contributed by atoms with E-state index in [-0.39, 0.29) is 0 Å². The van der Waals surface area contributed by atoms with Crippen LogP contribution in [-0.2, 0) is 6.42 Å². The minimum absolute atomic E-state index is 0.343. The number of fused-ring (bicyclic) bond motifs is 1. The van der Waals surface area contributed by atoms with Gasteiger partial charge in [0.05, 0.1) is 23.0 Å². The lowest BCUT2D eigenvalue weighted by molar-refractivity contribution is 0.329. The molecule has 0 fully saturated rings. The molecule has 2 aromatic heterocycles. The highest BCUT2D eigenvalue weighted by atomic mass is 32.1. The van der Waals surface area contributed by atoms with Gasteiger partial charge in [0.2, 0.25) is 0 Å². The van der Waals surface area contributed by atoms with E-state index in [0.29, 0.717) is 23.3 Å². The van der Waals surface area contributed by atoms with Crippen molar-refractivity contribution in [3.8, 4) is 17.2 Å². The number of hydrogen-bond acceptors (Lipinski definition) is 4. The predicted octanol–water partition coefficient (Wildman–Crippen LogP) is 5.70. The van der Waals surface area contributed by atoms with Crippen LogP contribution >= 0.6 is 11.5 Å². The van der Waals surface area contributed by atoms with Gasteiger partial charge in [-0.1, -0.05) is 44.2 Å². The number of allylic oxidation sites excluding steroid dienone is 1. The van der Waals surface area contributed by atoms with Gasteiger partial charge in [0.15, 0.2) is 0 Å². The van der Waals surface area contributed by atoms with Crippen LogP contribution in [0.25, 0.3) is 17.2 Å². The molecule has 3 aromatic rings. The minimum Gasteiger partial charge on any atom is -0.256 e. The lowest BCUT2D eigenvalue weighted by Gasteiger charge is -2.31. The van der Waals surface area contributed by atoms with Crippen molar-refractivity contribution >= 4 is 17.6 Å². The van der Waals surface area contributed by atoms with Crippen LogP contribution < -0.4 is 0 Å². The summed E-state index contributed by atoms with van der Waals surface area (Å²) >= 11 is 1.56. The van der Waals surface area contributed by atoms with Crippen molar-refractivity contribution in [2.24, 2.45) is 11.8 Å². The summed E-state index contributed by atoms with van der Waals surface area (Å²) in [5.41, 5.74) is 6.12. The second kappa shape index (κ2) is 7.46. The summed E-state index contributed by atoms with van der Waals surface area (Å²) < 4.78 is 4.65. The molecule has 2 heterocycles. The highest BCUT2D eigenvalue weighted by molar-refractivity contribution is 7.03. The summed E-state index contributed by atoms with van der Waals surface area (Å²) in [6.45, 7) is 4.64. The van der Waals surface area contributed by atoms with Crippen molar-refractivity contribution in [3.63, 3.8) is 0 Å². The van der Waals surface area contributed by atoms with Gasteiger partial charge in [-0.2, -0.15) is 9.64 Å². The highest BCUT2D eigenvalue weighted by Gasteiger charge is 2.31. The van der Waals surface area contributed by atoms with E-state index in [1.807, 2.05) is 42.6 Å². The van der Waals surface area contributed by atoms with Gasteiger partial charge in [0, 0.05) is 28.6 Å². The number of aromatic nitrogens is 2. The first-order chi connectivity index (χ1) is 13.2. The van der Waals surface area contributed by atoms with Crippen LogP contribution in [0.3, 0.4) is 0 Å². The number of pyridine rings is 1. The Morgan fingerprint density at radius 1 is 1.19 bits per heavy atom. The zero-order valence-electron chi connectivity index (χ0n) is 15.5. The first-order valence-corrected chi connectivity index (χ1v) is 10.1. The van der Waals surface area contributed by atoms with Crippen LogP contribution in [0.1, 0.15) is 42.3 Å². The molecule has 4 rings (SSSR count). The fraction of sp³-hybridized carbons (Fsp3) is 0.261. The van der Waals surface area contributed by atoms with Crippen molar-refractivity contribution in [2.75, 3.05) is 0 Å². The zero-order chi connectivity index (χ0) is 18.8. The van der Waals surface area contributed by atoms with E-state index >= 15 is 0 Å². The van der Waals surface area contributed by atoms with Crippen LogP contribution in [0, 0.1) is 23.2 Å². The number of nitriles is 1. The quantitative estimate of drug-likeness (QED) is 0.593. The molecule has 3 atom stereocenters. The standard InChI is InChI=1S/C23H21N3S/c1-15-11-19-14-27-26-23(19)21(16(15)2)10-9-20-8-7-18(13-25-20)22-6-4-3-5-17(22)12-24/h3-10,13-16,21H,11H2,1-2H3/b10-9+/t15-,16+,21?/m0/s1. The van der Waals surface area contributed by atoms with Crippen molar-refractivity contribution in [1.82, 2.24) is 9.36 Å². The molecule has 1 unspecified atom stereocenters. The summed E-state index contributed by atoms with van der Waals surface area (Å²) in [5, 5.41) is 11.5. The molecule has 0 aliphatic heterocycles. The molecule has 3 nitrogen and oxygen atoms in total. The topological polar surface area (TPSA) is 49.6 Å². The smallest absolute Gasteiger partial charge is 0.0998 e. The number of nitrogens with zero attached hydrogens (tertiary/aromatic N) is 3. The Bertz CT molecular complexity index is 1010. The van der Waals surface area contributed by atoms with Crippen LogP contribution in [0.5, 0.6) is 0 Å². The summed E-state index contributed by atoms with van der Waals surface area (Å²) in [5.74, 6) is 1.56. The molecule has 1 aromatic carbocycles. The van der Waals surface area contributed by atoms with Crippen molar-refractivity contribution in [1.29, 1.82) is 5.26 Å². The molecule has 0 spiro atoms. The summed E-state index contributed by atoms with van der Waals surface area (Å²) in [7, 11) is 0. The molecule has 0 saturated carbocycles. The highest BCUT2D eigenvalue weighted by Crippen LogP contribution is 2.40. The molecular weight excluding hydrogens is 350 g/mol. The molecule has 0 bridgehead atoms. The van der Waals surface area contributed by atoms with Gasteiger partial charge in [0.1, 0.15) is 0 Å². The Morgan fingerprint density at radius 2 is 2.04 bits per heavy atom. The summed E-state index contributed by atoms with van der Waals surface area (Å²) in [6.07, 6.45) is 7.33. The second-order valence-corrected chi connectivity index (χ2v) is 7.91. The Kier molecular flexibility index (Phi) is 4.87. The van der Waals surface area contributed by atoms with Gasteiger partial charge in [-0.25, -0.2) is 0 Å². The van der Waals surface area contributed by atoms with Gasteiger partial charge in [0.25, 0.3) is 0 Å². The van der Waals surface area contributed by atoms with Crippen LogP contribution in [-0.4, -0.2) is 9.36 Å². The Labute approximate surface area is 164 Å². The molecule has 0 amide bonds. The van der Waals surface area contributed by atoms with E-state index in [2.05, 4.69) is 46.8 Å². The van der Waals surface area contributed by atoms with E-state index in [0.717, 1.165) is 23.2 Å². The zero-order valence-corrected chi connectivity index (χ0v) is 16.3. The molecule has 0 N–H and O–H groups in total.